The third kappa shape index (κ3) is 9.94. The highest BCUT2D eigenvalue weighted by atomic mass is 33.1. The lowest BCUT2D eigenvalue weighted by molar-refractivity contribution is -0.658. The van der Waals surface area contributed by atoms with Gasteiger partial charge in [0.2, 0.25) is 24.1 Å². The van der Waals surface area contributed by atoms with Gasteiger partial charge in [0.15, 0.2) is 12.4 Å². The average molecular weight is 839 g/mol. The molecule has 4 aromatic carbocycles. The minimum atomic E-state index is -0.0554. The number of carbonyl (C=O) groups is 2. The molecular weight excluding hydrogens is 789 g/mol. The summed E-state index contributed by atoms with van der Waals surface area (Å²) >= 11 is 0. The number of para-hydroxylation sites is 2. The van der Waals surface area contributed by atoms with Gasteiger partial charge >= 0.3 is 0 Å². The number of anilines is 2. The highest BCUT2D eigenvalue weighted by Gasteiger charge is 2.19. The number of pyridine rings is 2. The summed E-state index contributed by atoms with van der Waals surface area (Å²) in [5.74, 6) is 1.40. The van der Waals surface area contributed by atoms with E-state index >= 15 is 0 Å². The van der Waals surface area contributed by atoms with E-state index in [0.29, 0.717) is 13.1 Å². The summed E-state index contributed by atoms with van der Waals surface area (Å²) in [7, 11) is 7.61. The Morgan fingerprint density at radius 2 is 1.05 bits per heavy atom. The van der Waals surface area contributed by atoms with E-state index in [1.807, 2.05) is 94.3 Å². The molecule has 2 aromatic heterocycles. The molecule has 8 rings (SSSR count). The highest BCUT2D eigenvalue weighted by Crippen LogP contribution is 2.33. The van der Waals surface area contributed by atoms with Gasteiger partial charge in [-0.3, -0.25) is 9.59 Å². The standard InChI is InChI=1S/C46H48N10O2S2/c1-53-23-7-9-33-29-35(15-17-41(33)53)49-51-39-19-25-55(43-13-5-3-11-37(39)43)31-45(57)47-21-27-59-60-28-22-48-46(58)32-56-26-20-40(38-12-4-6-14-44(38)56)52-50-36-16-18-42-34(30-36)10-8-24-54(42)2/h3-6,11-20,25-26,29-30H,7-10,21-24,27-28,31-32H2,1-2H3/p+2. The highest BCUT2D eigenvalue weighted by molar-refractivity contribution is 8.76. The fourth-order valence-corrected chi connectivity index (χ4v) is 9.70. The number of azo groups is 2. The number of nitrogens with one attached hydrogen (secondary N) is 2. The van der Waals surface area contributed by atoms with Crippen molar-refractivity contribution >= 4 is 89.3 Å². The second-order valence-corrected chi connectivity index (χ2v) is 17.8. The Balaban J connectivity index is 0.758. The third-order valence-corrected chi connectivity index (χ3v) is 13.3. The molecule has 0 saturated carbocycles. The van der Waals surface area contributed by atoms with Gasteiger partial charge in [0.1, 0.15) is 11.4 Å². The van der Waals surface area contributed by atoms with Crippen molar-refractivity contribution in [2.45, 2.75) is 38.8 Å². The van der Waals surface area contributed by atoms with Crippen molar-refractivity contribution in [2.75, 3.05) is 61.6 Å². The molecule has 0 saturated heterocycles. The Labute approximate surface area is 358 Å². The number of carbonyl (C=O) groups excluding carboxylic acids is 2. The number of benzene rings is 4. The van der Waals surface area contributed by atoms with Gasteiger partial charge in [0.05, 0.1) is 22.1 Å². The van der Waals surface area contributed by atoms with Gasteiger partial charge in [-0.1, -0.05) is 45.9 Å². The first-order valence-corrected chi connectivity index (χ1v) is 23.0. The lowest BCUT2D eigenvalue weighted by atomic mass is 10.0. The van der Waals surface area contributed by atoms with Crippen molar-refractivity contribution in [1.82, 2.24) is 10.6 Å². The summed E-state index contributed by atoms with van der Waals surface area (Å²) in [4.78, 5) is 30.5. The van der Waals surface area contributed by atoms with Crippen molar-refractivity contribution in [3.8, 4) is 0 Å². The maximum absolute atomic E-state index is 12.9. The molecule has 306 valence electrons. The number of hydrogen-bond acceptors (Lipinski definition) is 10. The molecule has 12 nitrogen and oxygen atoms in total. The minimum Gasteiger partial charge on any atom is -0.374 e. The molecule has 0 aliphatic carbocycles. The van der Waals surface area contributed by atoms with Gasteiger partial charge in [-0.2, -0.15) is 19.4 Å². The molecule has 2 N–H and O–H groups in total. The molecule has 14 heteroatoms. The number of aromatic nitrogens is 2. The first-order chi connectivity index (χ1) is 29.4. The smallest absolute Gasteiger partial charge is 0.286 e. The Morgan fingerprint density at radius 1 is 0.600 bits per heavy atom. The van der Waals surface area contributed by atoms with Crippen LogP contribution in [0.4, 0.5) is 34.1 Å². The van der Waals surface area contributed by atoms with Crippen LogP contribution in [0.25, 0.3) is 21.8 Å². The van der Waals surface area contributed by atoms with E-state index in [2.05, 4.69) is 79.3 Å². The Morgan fingerprint density at radius 3 is 1.52 bits per heavy atom. The Bertz CT molecular complexity index is 2400. The van der Waals surface area contributed by atoms with Crippen LogP contribution >= 0.6 is 21.6 Å². The summed E-state index contributed by atoms with van der Waals surface area (Å²) in [5.41, 5.74) is 10.2. The van der Waals surface area contributed by atoms with Crippen molar-refractivity contribution in [3.05, 3.63) is 121 Å². The van der Waals surface area contributed by atoms with Crippen molar-refractivity contribution in [2.24, 2.45) is 20.5 Å². The molecule has 0 unspecified atom stereocenters. The molecular formula is C46H50N10O2S2+2. The average Bonchev–Trinajstić information content (AvgIpc) is 3.27. The molecule has 0 radical (unpaired) electrons. The fourth-order valence-electron chi connectivity index (χ4n) is 7.89. The minimum absolute atomic E-state index is 0.0554. The second-order valence-electron chi connectivity index (χ2n) is 15.1. The number of fused-ring (bicyclic) bond motifs is 4. The zero-order valence-corrected chi connectivity index (χ0v) is 35.7. The van der Waals surface area contributed by atoms with E-state index in [-0.39, 0.29) is 24.9 Å². The fraction of sp³-hybridized carbons (Fsp3) is 0.304. The maximum Gasteiger partial charge on any atom is 0.286 e. The maximum atomic E-state index is 12.9. The van der Waals surface area contributed by atoms with Crippen LogP contribution in [0.2, 0.25) is 0 Å². The number of hydrogen-bond donors (Lipinski definition) is 2. The number of aryl methyl sites for hydroxylation is 2. The van der Waals surface area contributed by atoms with E-state index < -0.39 is 0 Å². The van der Waals surface area contributed by atoms with Crippen LogP contribution in [0.5, 0.6) is 0 Å². The molecule has 6 aromatic rings. The first kappa shape index (κ1) is 40.9. The van der Waals surface area contributed by atoms with Crippen molar-refractivity contribution < 1.29 is 18.7 Å². The zero-order valence-electron chi connectivity index (χ0n) is 34.1. The molecule has 4 heterocycles. The van der Waals surface area contributed by atoms with E-state index in [0.717, 1.165) is 94.8 Å². The van der Waals surface area contributed by atoms with E-state index in [1.54, 1.807) is 21.6 Å². The molecule has 0 bridgehead atoms. The molecule has 0 atom stereocenters. The second kappa shape index (κ2) is 19.5. The van der Waals surface area contributed by atoms with Gasteiger partial charge < -0.3 is 20.4 Å². The van der Waals surface area contributed by atoms with Crippen molar-refractivity contribution in [1.29, 1.82) is 0 Å². The third-order valence-electron chi connectivity index (χ3n) is 10.9. The molecule has 60 heavy (non-hydrogen) atoms. The predicted molar refractivity (Wildman–Crippen MR) is 244 cm³/mol. The Kier molecular flexibility index (Phi) is 13.3. The van der Waals surface area contributed by atoms with Crippen LogP contribution in [0.15, 0.2) is 130 Å². The van der Waals surface area contributed by atoms with Gasteiger partial charge in [0, 0.05) is 87.4 Å². The first-order valence-electron chi connectivity index (χ1n) is 20.5. The van der Waals surface area contributed by atoms with E-state index in [1.165, 1.54) is 22.5 Å². The normalized spacial score (nSPS) is 13.9. The molecule has 2 aliphatic rings. The van der Waals surface area contributed by atoms with E-state index in [9.17, 15) is 9.59 Å². The predicted octanol–water partition coefficient (Wildman–Crippen LogP) is 8.48. The van der Waals surface area contributed by atoms with Crippen LogP contribution < -0.4 is 29.6 Å². The number of rotatable bonds is 15. The van der Waals surface area contributed by atoms with Gasteiger partial charge in [-0.15, -0.1) is 10.2 Å². The van der Waals surface area contributed by atoms with Crippen molar-refractivity contribution in [3.63, 3.8) is 0 Å². The van der Waals surface area contributed by atoms with Crippen LogP contribution in [0, 0.1) is 0 Å². The summed E-state index contributed by atoms with van der Waals surface area (Å²) in [5, 5.41) is 26.3. The number of amides is 2. The summed E-state index contributed by atoms with van der Waals surface area (Å²) in [6.07, 6.45) is 8.18. The van der Waals surface area contributed by atoms with Crippen LogP contribution in [0.1, 0.15) is 24.0 Å². The molecule has 2 amide bonds. The topological polar surface area (TPSA) is 122 Å². The van der Waals surface area contributed by atoms with Gasteiger partial charge in [-0.05, 0) is 85.3 Å². The molecule has 2 aliphatic heterocycles. The summed E-state index contributed by atoms with van der Waals surface area (Å²) in [6, 6.07) is 32.3. The Hall–Kier alpha value is -5.86. The SMILES string of the molecule is CN1CCCc2cc(N=Nc3cc[n+](CC(=O)NCCSSCCNC(=O)C[n+]4ccc(N=Nc5ccc6c(c5)CCCN6C)c5ccccc54)c4ccccc34)ccc21. The number of nitrogens with zero attached hydrogens (tertiary/aromatic N) is 8. The van der Waals surface area contributed by atoms with E-state index in [4.69, 9.17) is 0 Å². The quantitative estimate of drug-likeness (QED) is 0.0464. The largest absolute Gasteiger partial charge is 0.374 e. The molecule has 0 fully saturated rings. The lowest BCUT2D eigenvalue weighted by Crippen LogP contribution is -2.43. The van der Waals surface area contributed by atoms with Crippen LogP contribution in [-0.4, -0.2) is 63.6 Å². The van der Waals surface area contributed by atoms with Crippen LogP contribution in [-0.2, 0) is 35.5 Å². The zero-order chi connectivity index (χ0) is 41.3. The van der Waals surface area contributed by atoms with Gasteiger partial charge in [0.25, 0.3) is 11.8 Å². The lowest BCUT2D eigenvalue weighted by Gasteiger charge is -2.27. The molecule has 0 spiro atoms. The summed E-state index contributed by atoms with van der Waals surface area (Å²) < 4.78 is 3.89. The van der Waals surface area contributed by atoms with Crippen LogP contribution in [0.3, 0.4) is 0 Å². The monoisotopic (exact) mass is 838 g/mol. The van der Waals surface area contributed by atoms with Gasteiger partial charge in [-0.25, -0.2) is 0 Å². The summed E-state index contributed by atoms with van der Waals surface area (Å²) in [6.45, 7) is 3.65.